The molecule has 4 heteroatoms. The summed E-state index contributed by atoms with van der Waals surface area (Å²) in [5.74, 6) is -1.69. The van der Waals surface area contributed by atoms with Gasteiger partial charge in [0.15, 0.2) is 11.6 Å². The smallest absolute Gasteiger partial charge is 0.159 e. The summed E-state index contributed by atoms with van der Waals surface area (Å²) in [6.07, 6.45) is 5.07. The van der Waals surface area contributed by atoms with E-state index in [4.69, 9.17) is 10.5 Å². The minimum Gasteiger partial charge on any atom is -0.373 e. The van der Waals surface area contributed by atoms with Gasteiger partial charge in [0.25, 0.3) is 0 Å². The Bertz CT molecular complexity index is 425. The molecule has 1 saturated carbocycles. The van der Waals surface area contributed by atoms with Crippen molar-refractivity contribution in [3.05, 3.63) is 35.4 Å². The molecule has 2 nitrogen and oxygen atoms in total. The number of rotatable bonds is 4. The minimum atomic E-state index is -0.851. The molecule has 1 aromatic carbocycles. The van der Waals surface area contributed by atoms with Crippen molar-refractivity contribution in [2.75, 3.05) is 6.61 Å². The van der Waals surface area contributed by atoms with Gasteiger partial charge < -0.3 is 10.5 Å². The van der Waals surface area contributed by atoms with Crippen LogP contribution in [0.25, 0.3) is 0 Å². The first-order valence-electron chi connectivity index (χ1n) is 6.93. The van der Waals surface area contributed by atoms with Gasteiger partial charge in [0.1, 0.15) is 0 Å². The third kappa shape index (κ3) is 2.95. The van der Waals surface area contributed by atoms with Gasteiger partial charge >= 0.3 is 0 Å². The van der Waals surface area contributed by atoms with Crippen LogP contribution >= 0.6 is 0 Å². The maximum Gasteiger partial charge on any atom is 0.159 e. The molecular formula is C15H21F2NO. The Hall–Kier alpha value is -1.00. The second-order valence-corrected chi connectivity index (χ2v) is 5.21. The molecule has 0 bridgehead atoms. The lowest BCUT2D eigenvalue weighted by molar-refractivity contribution is -0.0831. The van der Waals surface area contributed by atoms with Crippen LogP contribution in [0.4, 0.5) is 8.78 Å². The molecule has 2 N–H and O–H groups in total. The summed E-state index contributed by atoms with van der Waals surface area (Å²) in [5.41, 5.74) is 6.47. The SMILES string of the molecule is CCOC1(C(N)c2ccc(F)c(F)c2)CCCCC1. The second kappa shape index (κ2) is 5.97. The van der Waals surface area contributed by atoms with Gasteiger partial charge in [-0.15, -0.1) is 0 Å². The molecule has 0 aromatic heterocycles. The summed E-state index contributed by atoms with van der Waals surface area (Å²) >= 11 is 0. The van der Waals surface area contributed by atoms with Crippen LogP contribution in [0.2, 0.25) is 0 Å². The van der Waals surface area contributed by atoms with E-state index in [1.54, 1.807) is 6.07 Å². The molecule has 1 fully saturated rings. The first kappa shape index (κ1) is 14.4. The van der Waals surface area contributed by atoms with Gasteiger partial charge in [-0.05, 0) is 37.5 Å². The highest BCUT2D eigenvalue weighted by Gasteiger charge is 2.39. The van der Waals surface area contributed by atoms with E-state index in [0.717, 1.165) is 31.7 Å². The number of benzene rings is 1. The van der Waals surface area contributed by atoms with Crippen LogP contribution in [-0.4, -0.2) is 12.2 Å². The van der Waals surface area contributed by atoms with E-state index in [9.17, 15) is 8.78 Å². The van der Waals surface area contributed by atoms with E-state index in [0.29, 0.717) is 12.2 Å². The summed E-state index contributed by atoms with van der Waals surface area (Å²) in [6, 6.07) is 3.46. The summed E-state index contributed by atoms with van der Waals surface area (Å²) in [4.78, 5) is 0. The van der Waals surface area contributed by atoms with Gasteiger partial charge in [-0.2, -0.15) is 0 Å². The lowest BCUT2D eigenvalue weighted by atomic mass is 9.77. The maximum absolute atomic E-state index is 13.3. The predicted molar refractivity (Wildman–Crippen MR) is 70.7 cm³/mol. The zero-order valence-corrected chi connectivity index (χ0v) is 11.3. The molecule has 0 amide bonds. The Kier molecular flexibility index (Phi) is 4.53. The molecule has 0 radical (unpaired) electrons. The van der Waals surface area contributed by atoms with Gasteiger partial charge in [0, 0.05) is 6.61 Å². The van der Waals surface area contributed by atoms with E-state index in [1.807, 2.05) is 6.92 Å². The van der Waals surface area contributed by atoms with Crippen molar-refractivity contribution >= 4 is 0 Å². The van der Waals surface area contributed by atoms with Crippen LogP contribution in [0, 0.1) is 11.6 Å². The van der Waals surface area contributed by atoms with Crippen molar-refractivity contribution in [3.8, 4) is 0 Å². The normalized spacial score (nSPS) is 20.2. The van der Waals surface area contributed by atoms with Crippen molar-refractivity contribution in [1.29, 1.82) is 0 Å². The first-order chi connectivity index (χ1) is 9.09. The lowest BCUT2D eigenvalue weighted by Gasteiger charge is -2.41. The highest BCUT2D eigenvalue weighted by Crippen LogP contribution is 2.40. The number of hydrogen-bond acceptors (Lipinski definition) is 2. The fourth-order valence-corrected chi connectivity index (χ4v) is 2.99. The molecule has 0 aliphatic heterocycles. The number of halogens is 2. The van der Waals surface area contributed by atoms with Crippen LogP contribution < -0.4 is 5.73 Å². The van der Waals surface area contributed by atoms with Gasteiger partial charge in [0.05, 0.1) is 11.6 Å². The zero-order valence-electron chi connectivity index (χ0n) is 11.3. The molecule has 1 aliphatic rings. The molecule has 0 spiro atoms. The molecule has 0 saturated heterocycles. The molecule has 19 heavy (non-hydrogen) atoms. The Morgan fingerprint density at radius 2 is 1.89 bits per heavy atom. The van der Waals surface area contributed by atoms with Crippen molar-refractivity contribution in [1.82, 2.24) is 0 Å². The number of ether oxygens (including phenoxy) is 1. The van der Waals surface area contributed by atoms with Crippen LogP contribution in [0.15, 0.2) is 18.2 Å². The minimum absolute atomic E-state index is 0.414. The zero-order chi connectivity index (χ0) is 13.9. The largest absolute Gasteiger partial charge is 0.373 e. The third-order valence-electron chi connectivity index (χ3n) is 4.00. The van der Waals surface area contributed by atoms with E-state index in [2.05, 4.69) is 0 Å². The molecular weight excluding hydrogens is 248 g/mol. The quantitative estimate of drug-likeness (QED) is 0.904. The van der Waals surface area contributed by atoms with Gasteiger partial charge in [0.2, 0.25) is 0 Å². The average Bonchev–Trinajstić information content (AvgIpc) is 2.42. The summed E-state index contributed by atoms with van der Waals surface area (Å²) in [6.45, 7) is 2.52. The van der Waals surface area contributed by atoms with Gasteiger partial charge in [-0.3, -0.25) is 0 Å². The highest BCUT2D eigenvalue weighted by atomic mass is 19.2. The first-order valence-corrected chi connectivity index (χ1v) is 6.93. The maximum atomic E-state index is 13.3. The van der Waals surface area contributed by atoms with Crippen LogP contribution in [0.5, 0.6) is 0 Å². The Labute approximate surface area is 112 Å². The average molecular weight is 269 g/mol. The van der Waals surface area contributed by atoms with E-state index in [-0.39, 0.29) is 0 Å². The van der Waals surface area contributed by atoms with Crippen LogP contribution in [0.1, 0.15) is 50.6 Å². The van der Waals surface area contributed by atoms with Crippen LogP contribution in [0.3, 0.4) is 0 Å². The molecule has 1 aromatic rings. The molecule has 2 rings (SSSR count). The molecule has 1 aliphatic carbocycles. The fourth-order valence-electron chi connectivity index (χ4n) is 2.99. The highest BCUT2D eigenvalue weighted by molar-refractivity contribution is 5.24. The van der Waals surface area contributed by atoms with E-state index < -0.39 is 23.3 Å². The van der Waals surface area contributed by atoms with Crippen molar-refractivity contribution in [2.45, 2.75) is 50.7 Å². The topological polar surface area (TPSA) is 35.2 Å². The molecule has 106 valence electrons. The Morgan fingerprint density at radius 3 is 2.47 bits per heavy atom. The van der Waals surface area contributed by atoms with Crippen molar-refractivity contribution < 1.29 is 13.5 Å². The fraction of sp³-hybridized carbons (Fsp3) is 0.600. The standard InChI is InChI=1S/C15H21F2NO/c1-2-19-15(8-4-3-5-9-15)14(18)11-6-7-12(16)13(17)10-11/h6-7,10,14H,2-5,8-9,18H2,1H3. The Balaban J connectivity index is 2.27. The predicted octanol–water partition coefficient (Wildman–Crippen LogP) is 3.70. The lowest BCUT2D eigenvalue weighted by Crippen LogP contribution is -2.45. The molecule has 1 atom stereocenters. The van der Waals surface area contributed by atoms with Crippen molar-refractivity contribution in [2.24, 2.45) is 5.73 Å². The molecule has 1 unspecified atom stereocenters. The van der Waals surface area contributed by atoms with Gasteiger partial charge in [-0.1, -0.05) is 25.3 Å². The van der Waals surface area contributed by atoms with E-state index in [1.165, 1.54) is 12.5 Å². The second-order valence-electron chi connectivity index (χ2n) is 5.21. The summed E-state index contributed by atoms with van der Waals surface area (Å²) in [5, 5.41) is 0. The van der Waals surface area contributed by atoms with Crippen molar-refractivity contribution in [3.63, 3.8) is 0 Å². The van der Waals surface area contributed by atoms with Crippen LogP contribution in [-0.2, 0) is 4.74 Å². The van der Waals surface area contributed by atoms with Gasteiger partial charge in [-0.25, -0.2) is 8.78 Å². The molecule has 0 heterocycles. The summed E-state index contributed by atoms with van der Waals surface area (Å²) < 4.78 is 32.3. The monoisotopic (exact) mass is 269 g/mol. The van der Waals surface area contributed by atoms with E-state index >= 15 is 0 Å². The summed E-state index contributed by atoms with van der Waals surface area (Å²) in [7, 11) is 0. The third-order valence-corrected chi connectivity index (χ3v) is 4.00. The number of nitrogens with two attached hydrogens (primary N) is 1. The number of hydrogen-bond donors (Lipinski definition) is 1. The Morgan fingerprint density at radius 1 is 1.21 bits per heavy atom.